The van der Waals surface area contributed by atoms with Crippen LogP contribution in [0.1, 0.15) is 51.9 Å². The fourth-order valence-corrected chi connectivity index (χ4v) is 3.47. The van der Waals surface area contributed by atoms with E-state index in [0.29, 0.717) is 6.61 Å². The van der Waals surface area contributed by atoms with Gasteiger partial charge in [0.2, 0.25) is 0 Å². The second-order valence-electron chi connectivity index (χ2n) is 4.04. The lowest BCUT2D eigenvalue weighted by Gasteiger charge is -2.25. The molecule has 1 unspecified atom stereocenters. The Morgan fingerprint density at radius 2 is 2.00 bits per heavy atom. The van der Waals surface area contributed by atoms with Crippen LogP contribution in [0.3, 0.4) is 0 Å². The van der Waals surface area contributed by atoms with Crippen molar-refractivity contribution in [3.8, 4) is 0 Å². The Morgan fingerprint density at radius 1 is 1.36 bits per heavy atom. The molecule has 1 aliphatic rings. The SMILES string of the molecule is CCCCOP(=O)(O)C1CCCCC1. The summed E-state index contributed by atoms with van der Waals surface area (Å²) in [5.74, 6) is 0. The highest BCUT2D eigenvalue weighted by molar-refractivity contribution is 7.53. The van der Waals surface area contributed by atoms with E-state index < -0.39 is 7.60 Å². The summed E-state index contributed by atoms with van der Waals surface area (Å²) in [6, 6.07) is 0. The summed E-state index contributed by atoms with van der Waals surface area (Å²) >= 11 is 0. The van der Waals surface area contributed by atoms with Gasteiger partial charge in [0.15, 0.2) is 0 Å². The molecule has 84 valence electrons. The van der Waals surface area contributed by atoms with Gasteiger partial charge in [-0.1, -0.05) is 32.6 Å². The Kier molecular flexibility index (Phi) is 5.14. The molecule has 1 atom stereocenters. The summed E-state index contributed by atoms with van der Waals surface area (Å²) in [5.41, 5.74) is -0.0897. The van der Waals surface area contributed by atoms with E-state index >= 15 is 0 Å². The van der Waals surface area contributed by atoms with E-state index in [1.165, 1.54) is 6.42 Å². The zero-order chi connectivity index (χ0) is 10.4. The first-order valence-electron chi connectivity index (χ1n) is 5.64. The molecular formula is C10H21O3P. The van der Waals surface area contributed by atoms with Crippen molar-refractivity contribution in [2.24, 2.45) is 0 Å². The van der Waals surface area contributed by atoms with Crippen LogP contribution < -0.4 is 0 Å². The molecule has 0 aromatic carbocycles. The van der Waals surface area contributed by atoms with Crippen molar-refractivity contribution in [2.75, 3.05) is 6.61 Å². The van der Waals surface area contributed by atoms with Gasteiger partial charge in [-0.25, -0.2) is 0 Å². The molecule has 0 amide bonds. The van der Waals surface area contributed by atoms with Crippen molar-refractivity contribution in [2.45, 2.75) is 57.5 Å². The predicted molar refractivity (Wildman–Crippen MR) is 57.6 cm³/mol. The molecule has 0 heterocycles. The van der Waals surface area contributed by atoms with Gasteiger partial charge in [-0.2, -0.15) is 0 Å². The van der Waals surface area contributed by atoms with Crippen LogP contribution in [0.25, 0.3) is 0 Å². The second-order valence-corrected chi connectivity index (χ2v) is 6.16. The molecule has 4 heteroatoms. The lowest BCUT2D eigenvalue weighted by atomic mass is 10.0. The summed E-state index contributed by atoms with van der Waals surface area (Å²) in [7, 11) is -3.30. The molecule has 1 fully saturated rings. The number of hydrogen-bond acceptors (Lipinski definition) is 2. The van der Waals surface area contributed by atoms with Crippen molar-refractivity contribution < 1.29 is 14.0 Å². The molecule has 1 saturated carbocycles. The average Bonchev–Trinajstić information content (AvgIpc) is 2.19. The van der Waals surface area contributed by atoms with E-state index in [9.17, 15) is 9.46 Å². The van der Waals surface area contributed by atoms with Crippen molar-refractivity contribution in [1.82, 2.24) is 0 Å². The van der Waals surface area contributed by atoms with Gasteiger partial charge in [0.05, 0.1) is 12.3 Å². The Morgan fingerprint density at radius 3 is 2.57 bits per heavy atom. The minimum Gasteiger partial charge on any atom is -0.324 e. The minimum absolute atomic E-state index is 0.0897. The molecule has 0 bridgehead atoms. The van der Waals surface area contributed by atoms with Crippen LogP contribution in [0.4, 0.5) is 0 Å². The highest BCUT2D eigenvalue weighted by Gasteiger charge is 2.32. The highest BCUT2D eigenvalue weighted by atomic mass is 31.2. The molecule has 0 saturated heterocycles. The van der Waals surface area contributed by atoms with Gasteiger partial charge in [-0.15, -0.1) is 0 Å². The maximum atomic E-state index is 11.8. The molecule has 14 heavy (non-hydrogen) atoms. The van der Waals surface area contributed by atoms with Crippen LogP contribution in [-0.2, 0) is 9.09 Å². The Balaban J connectivity index is 2.34. The average molecular weight is 220 g/mol. The number of hydrogen-bond donors (Lipinski definition) is 1. The smallest absolute Gasteiger partial charge is 0.324 e. The highest BCUT2D eigenvalue weighted by Crippen LogP contribution is 2.52. The second kappa shape index (κ2) is 5.89. The van der Waals surface area contributed by atoms with Crippen LogP contribution in [0.5, 0.6) is 0 Å². The standard InChI is InChI=1S/C10H21O3P/c1-2-3-9-13-14(11,12)10-7-5-4-6-8-10/h10H,2-9H2,1H3,(H,11,12). The topological polar surface area (TPSA) is 46.5 Å². The molecule has 1 N–H and O–H groups in total. The largest absolute Gasteiger partial charge is 0.331 e. The van der Waals surface area contributed by atoms with Gasteiger partial charge >= 0.3 is 7.60 Å². The monoisotopic (exact) mass is 220 g/mol. The third-order valence-electron chi connectivity index (χ3n) is 2.81. The van der Waals surface area contributed by atoms with Gasteiger partial charge in [0.1, 0.15) is 0 Å². The first-order valence-corrected chi connectivity index (χ1v) is 7.28. The molecule has 0 spiro atoms. The van der Waals surface area contributed by atoms with Crippen molar-refractivity contribution in [1.29, 1.82) is 0 Å². The molecule has 1 aliphatic carbocycles. The van der Waals surface area contributed by atoms with E-state index in [4.69, 9.17) is 4.52 Å². The first kappa shape index (κ1) is 12.2. The summed E-state index contributed by atoms with van der Waals surface area (Å²) in [6.07, 6.45) is 6.95. The van der Waals surface area contributed by atoms with E-state index in [0.717, 1.165) is 38.5 Å². The van der Waals surface area contributed by atoms with Gasteiger partial charge in [-0.05, 0) is 19.3 Å². The van der Waals surface area contributed by atoms with Gasteiger partial charge in [0, 0.05) is 0 Å². The van der Waals surface area contributed by atoms with Crippen molar-refractivity contribution >= 4 is 7.60 Å². The van der Waals surface area contributed by atoms with Crippen LogP contribution in [-0.4, -0.2) is 17.2 Å². The van der Waals surface area contributed by atoms with Gasteiger partial charge < -0.3 is 9.42 Å². The molecule has 1 rings (SSSR count). The quantitative estimate of drug-likeness (QED) is 0.571. The Hall–Kier alpha value is 0.150. The predicted octanol–water partition coefficient (Wildman–Crippen LogP) is 3.32. The van der Waals surface area contributed by atoms with Crippen LogP contribution in [0, 0.1) is 0 Å². The normalized spacial score (nSPS) is 23.3. The fourth-order valence-electron chi connectivity index (χ4n) is 1.85. The third kappa shape index (κ3) is 3.72. The fraction of sp³-hybridized carbons (Fsp3) is 1.00. The van der Waals surface area contributed by atoms with Crippen LogP contribution in [0.2, 0.25) is 0 Å². The van der Waals surface area contributed by atoms with Crippen molar-refractivity contribution in [3.05, 3.63) is 0 Å². The molecule has 0 aromatic rings. The molecule has 0 aromatic heterocycles. The van der Waals surface area contributed by atoms with E-state index in [2.05, 4.69) is 0 Å². The molecular weight excluding hydrogens is 199 g/mol. The zero-order valence-electron chi connectivity index (χ0n) is 8.95. The van der Waals surface area contributed by atoms with Crippen molar-refractivity contribution in [3.63, 3.8) is 0 Å². The lowest BCUT2D eigenvalue weighted by Crippen LogP contribution is -2.14. The van der Waals surface area contributed by atoms with E-state index in [1.54, 1.807) is 0 Å². The first-order chi connectivity index (χ1) is 6.67. The van der Waals surface area contributed by atoms with Gasteiger partial charge in [-0.3, -0.25) is 4.57 Å². The van der Waals surface area contributed by atoms with Gasteiger partial charge in [0.25, 0.3) is 0 Å². The minimum atomic E-state index is -3.30. The Labute approximate surface area is 86.4 Å². The number of rotatable bonds is 5. The van der Waals surface area contributed by atoms with E-state index in [1.807, 2.05) is 6.92 Å². The third-order valence-corrected chi connectivity index (χ3v) is 4.80. The summed E-state index contributed by atoms with van der Waals surface area (Å²) in [5, 5.41) is 0. The van der Waals surface area contributed by atoms with Crippen LogP contribution in [0.15, 0.2) is 0 Å². The molecule has 0 radical (unpaired) electrons. The maximum absolute atomic E-state index is 11.8. The van der Waals surface area contributed by atoms with Crippen LogP contribution >= 0.6 is 7.60 Å². The summed E-state index contributed by atoms with van der Waals surface area (Å²) < 4.78 is 16.9. The maximum Gasteiger partial charge on any atom is 0.331 e. The van der Waals surface area contributed by atoms with E-state index in [-0.39, 0.29) is 5.66 Å². The summed E-state index contributed by atoms with van der Waals surface area (Å²) in [4.78, 5) is 9.70. The molecule has 3 nitrogen and oxygen atoms in total. The Bertz CT molecular complexity index is 200. The molecule has 0 aliphatic heterocycles. The number of unbranched alkanes of at least 4 members (excludes halogenated alkanes) is 1. The lowest BCUT2D eigenvalue weighted by molar-refractivity contribution is 0.239. The zero-order valence-corrected chi connectivity index (χ0v) is 9.84. The summed E-state index contributed by atoms with van der Waals surface area (Å²) in [6.45, 7) is 2.48.